The highest BCUT2D eigenvalue weighted by molar-refractivity contribution is 7.98. The number of carbonyl (C=O) groups is 6. The molecule has 188 valence electrons. The zero-order valence-electron chi connectivity index (χ0n) is 19.0. The van der Waals surface area contributed by atoms with Gasteiger partial charge in [-0.05, 0) is 30.8 Å². The summed E-state index contributed by atoms with van der Waals surface area (Å²) in [5.74, 6) is -4.98. The Hall–Kier alpha value is -2.87. The van der Waals surface area contributed by atoms with Gasteiger partial charge in [0.15, 0.2) is 0 Å². The van der Waals surface area contributed by atoms with E-state index in [1.165, 1.54) is 11.8 Å². The number of amides is 5. The SMILES string of the molecule is CSCCC(NC(=O)C(CC(C)C)NC(=O)C(N)CC(N)=O)C(=O)NC(CC(N)=O)C(=O)O. The molecule has 14 heteroatoms. The highest BCUT2D eigenvalue weighted by Crippen LogP contribution is 2.08. The molecule has 0 aromatic heterocycles. The van der Waals surface area contributed by atoms with Crippen LogP contribution in [0, 0.1) is 5.92 Å². The molecule has 0 heterocycles. The highest BCUT2D eigenvalue weighted by atomic mass is 32.2. The second-order valence-corrected chi connectivity index (χ2v) is 8.87. The van der Waals surface area contributed by atoms with Gasteiger partial charge in [0.05, 0.1) is 18.9 Å². The van der Waals surface area contributed by atoms with Gasteiger partial charge < -0.3 is 38.3 Å². The normalized spacial score (nSPS) is 14.5. The molecule has 13 nitrogen and oxygen atoms in total. The summed E-state index contributed by atoms with van der Waals surface area (Å²) in [6.45, 7) is 3.63. The van der Waals surface area contributed by atoms with Crippen molar-refractivity contribution < 1.29 is 33.9 Å². The number of aliphatic carboxylic acids is 1. The van der Waals surface area contributed by atoms with Gasteiger partial charge in [-0.2, -0.15) is 11.8 Å². The molecule has 0 spiro atoms. The van der Waals surface area contributed by atoms with E-state index in [0.717, 1.165) is 0 Å². The van der Waals surface area contributed by atoms with E-state index in [1.807, 2.05) is 13.8 Å². The van der Waals surface area contributed by atoms with Crippen molar-refractivity contribution in [1.82, 2.24) is 16.0 Å². The Bertz CT molecular complexity index is 733. The molecule has 4 unspecified atom stereocenters. The summed E-state index contributed by atoms with van der Waals surface area (Å²) >= 11 is 1.40. The van der Waals surface area contributed by atoms with Crippen LogP contribution in [0.25, 0.3) is 0 Å². The first-order valence-corrected chi connectivity index (χ1v) is 11.6. The number of hydrogen-bond acceptors (Lipinski definition) is 8. The minimum atomic E-state index is -1.55. The number of thioether (sulfide) groups is 1. The predicted octanol–water partition coefficient (Wildman–Crippen LogP) is -2.60. The zero-order chi connectivity index (χ0) is 25.7. The van der Waals surface area contributed by atoms with Crippen LogP contribution < -0.4 is 33.2 Å². The maximum atomic E-state index is 12.9. The molecule has 5 amide bonds. The molecule has 0 rings (SSSR count). The molecule has 0 aliphatic heterocycles. The maximum Gasteiger partial charge on any atom is 0.326 e. The quantitative estimate of drug-likeness (QED) is 0.120. The number of hydrogen-bond donors (Lipinski definition) is 7. The summed E-state index contributed by atoms with van der Waals surface area (Å²) in [6, 6.07) is -5.00. The van der Waals surface area contributed by atoms with Crippen LogP contribution in [-0.4, -0.2) is 76.8 Å². The van der Waals surface area contributed by atoms with E-state index in [4.69, 9.17) is 17.2 Å². The fourth-order valence-corrected chi connectivity index (χ4v) is 3.21. The van der Waals surface area contributed by atoms with Gasteiger partial charge in [0.1, 0.15) is 18.1 Å². The summed E-state index contributed by atoms with van der Waals surface area (Å²) in [6.07, 6.45) is 1.12. The van der Waals surface area contributed by atoms with Gasteiger partial charge in [0.2, 0.25) is 29.5 Å². The molecule has 0 bridgehead atoms. The fraction of sp³-hybridized carbons (Fsp3) is 0.684. The number of primary amides is 2. The molecule has 0 aliphatic rings. The van der Waals surface area contributed by atoms with Gasteiger partial charge in [-0.25, -0.2) is 4.79 Å². The van der Waals surface area contributed by atoms with Crippen molar-refractivity contribution >= 4 is 47.3 Å². The lowest BCUT2D eigenvalue weighted by molar-refractivity contribution is -0.143. The van der Waals surface area contributed by atoms with Crippen molar-refractivity contribution in [2.75, 3.05) is 12.0 Å². The van der Waals surface area contributed by atoms with Gasteiger partial charge in [0, 0.05) is 0 Å². The molecular weight excluding hydrogens is 456 g/mol. The van der Waals surface area contributed by atoms with Crippen LogP contribution in [0.15, 0.2) is 0 Å². The molecule has 0 aliphatic carbocycles. The third-order valence-electron chi connectivity index (χ3n) is 4.36. The first-order valence-electron chi connectivity index (χ1n) is 10.2. The van der Waals surface area contributed by atoms with Crippen molar-refractivity contribution in [3.8, 4) is 0 Å². The Morgan fingerprint density at radius 1 is 0.818 bits per heavy atom. The summed E-state index contributed by atoms with van der Waals surface area (Å²) in [5, 5.41) is 16.4. The topological polar surface area (TPSA) is 237 Å². The van der Waals surface area contributed by atoms with Crippen molar-refractivity contribution in [1.29, 1.82) is 0 Å². The predicted molar refractivity (Wildman–Crippen MR) is 121 cm³/mol. The summed E-state index contributed by atoms with van der Waals surface area (Å²) in [4.78, 5) is 71.2. The number of rotatable bonds is 16. The van der Waals surface area contributed by atoms with Gasteiger partial charge in [-0.3, -0.25) is 24.0 Å². The minimum absolute atomic E-state index is 0.0288. The highest BCUT2D eigenvalue weighted by Gasteiger charge is 2.31. The Balaban J connectivity index is 5.49. The lowest BCUT2D eigenvalue weighted by atomic mass is 10.0. The molecule has 4 atom stereocenters. The van der Waals surface area contributed by atoms with Gasteiger partial charge in [-0.1, -0.05) is 13.8 Å². The number of carboxylic acid groups (broad SMARTS) is 1. The molecule has 33 heavy (non-hydrogen) atoms. The van der Waals surface area contributed by atoms with E-state index in [2.05, 4.69) is 16.0 Å². The number of carbonyl (C=O) groups excluding carboxylic acids is 5. The standard InChI is InChI=1S/C19H34N6O7S/c1-9(2)6-12(24-16(28)10(20)7-14(21)26)18(30)23-11(4-5-33-3)17(29)25-13(19(31)32)8-15(22)27/h9-13H,4-8,20H2,1-3H3,(H2,21,26)(H2,22,27)(H,23,30)(H,24,28)(H,25,29)(H,31,32). The first-order chi connectivity index (χ1) is 15.3. The van der Waals surface area contributed by atoms with Crippen LogP contribution in [0.2, 0.25) is 0 Å². The molecule has 10 N–H and O–H groups in total. The van der Waals surface area contributed by atoms with Crippen molar-refractivity contribution in [3.05, 3.63) is 0 Å². The number of nitrogens with two attached hydrogens (primary N) is 3. The summed E-state index contributed by atoms with van der Waals surface area (Å²) < 4.78 is 0. The number of nitrogens with one attached hydrogen (secondary N) is 3. The van der Waals surface area contributed by atoms with E-state index < -0.39 is 72.5 Å². The van der Waals surface area contributed by atoms with Crippen molar-refractivity contribution in [2.24, 2.45) is 23.1 Å². The second kappa shape index (κ2) is 15.1. The van der Waals surface area contributed by atoms with E-state index >= 15 is 0 Å². The number of carboxylic acids is 1. The Morgan fingerprint density at radius 3 is 1.76 bits per heavy atom. The van der Waals surface area contributed by atoms with E-state index in [0.29, 0.717) is 5.75 Å². The largest absolute Gasteiger partial charge is 0.480 e. The molecule has 0 aromatic carbocycles. The van der Waals surface area contributed by atoms with Crippen LogP contribution in [-0.2, 0) is 28.8 Å². The van der Waals surface area contributed by atoms with Crippen molar-refractivity contribution in [2.45, 2.75) is 63.7 Å². The lowest BCUT2D eigenvalue weighted by Crippen LogP contribution is -2.57. The third kappa shape index (κ3) is 12.7. The van der Waals surface area contributed by atoms with Crippen LogP contribution in [0.5, 0.6) is 0 Å². The monoisotopic (exact) mass is 490 g/mol. The van der Waals surface area contributed by atoms with Crippen LogP contribution >= 0.6 is 11.8 Å². The second-order valence-electron chi connectivity index (χ2n) is 7.88. The summed E-state index contributed by atoms with van der Waals surface area (Å²) in [7, 11) is 0. The van der Waals surface area contributed by atoms with Crippen LogP contribution in [0.3, 0.4) is 0 Å². The zero-order valence-corrected chi connectivity index (χ0v) is 19.8. The molecule has 0 saturated heterocycles. The molecule has 0 aromatic rings. The Labute approximate surface area is 196 Å². The average molecular weight is 491 g/mol. The van der Waals surface area contributed by atoms with Crippen molar-refractivity contribution in [3.63, 3.8) is 0 Å². The van der Waals surface area contributed by atoms with Gasteiger partial charge in [0.25, 0.3) is 0 Å². The Kier molecular flexibility index (Phi) is 13.7. The lowest BCUT2D eigenvalue weighted by Gasteiger charge is -2.25. The summed E-state index contributed by atoms with van der Waals surface area (Å²) in [5.41, 5.74) is 15.7. The van der Waals surface area contributed by atoms with Crippen LogP contribution in [0.1, 0.15) is 39.5 Å². The molecule has 0 saturated carbocycles. The fourth-order valence-electron chi connectivity index (χ4n) is 2.74. The van der Waals surface area contributed by atoms with E-state index in [-0.39, 0.29) is 18.8 Å². The Morgan fingerprint density at radius 2 is 1.30 bits per heavy atom. The smallest absolute Gasteiger partial charge is 0.326 e. The average Bonchev–Trinajstić information content (AvgIpc) is 2.68. The van der Waals surface area contributed by atoms with E-state index in [1.54, 1.807) is 6.26 Å². The van der Waals surface area contributed by atoms with Crippen LogP contribution in [0.4, 0.5) is 0 Å². The van der Waals surface area contributed by atoms with Gasteiger partial charge in [-0.15, -0.1) is 0 Å². The first kappa shape index (κ1) is 30.1. The van der Waals surface area contributed by atoms with Gasteiger partial charge >= 0.3 is 5.97 Å². The third-order valence-corrected chi connectivity index (χ3v) is 5.01. The molecule has 0 fully saturated rings. The maximum absolute atomic E-state index is 12.9. The van der Waals surface area contributed by atoms with E-state index in [9.17, 15) is 33.9 Å². The molecule has 0 radical (unpaired) electrons. The minimum Gasteiger partial charge on any atom is -0.480 e. The molecular formula is C19H34N6O7S.